The Morgan fingerprint density at radius 1 is 1.08 bits per heavy atom. The molecule has 0 radical (unpaired) electrons. The lowest BCUT2D eigenvalue weighted by Gasteiger charge is -2.13. The molecule has 0 aliphatic heterocycles. The van der Waals surface area contributed by atoms with E-state index in [9.17, 15) is 8.78 Å². The van der Waals surface area contributed by atoms with Crippen LogP contribution < -0.4 is 9.47 Å². The first-order chi connectivity index (χ1) is 12.0. The first kappa shape index (κ1) is 17.1. The Balaban J connectivity index is 2.10. The van der Waals surface area contributed by atoms with Gasteiger partial charge in [0, 0.05) is 18.6 Å². The van der Waals surface area contributed by atoms with Gasteiger partial charge in [-0.05, 0) is 42.0 Å². The van der Waals surface area contributed by atoms with Gasteiger partial charge in [-0.2, -0.15) is 5.10 Å². The van der Waals surface area contributed by atoms with E-state index >= 15 is 0 Å². The molecule has 0 amide bonds. The molecular formula is C17H15F2N3O2S. The van der Waals surface area contributed by atoms with Crippen LogP contribution in [0.4, 0.5) is 8.78 Å². The number of nitrogens with zero attached hydrogens (tertiary/aromatic N) is 2. The van der Waals surface area contributed by atoms with E-state index in [-0.39, 0.29) is 6.42 Å². The molecule has 1 heterocycles. The zero-order chi connectivity index (χ0) is 18.0. The minimum absolute atomic E-state index is 0.183. The Morgan fingerprint density at radius 3 is 2.44 bits per heavy atom. The minimum Gasteiger partial charge on any atom is -0.497 e. The molecule has 1 aromatic heterocycles. The molecule has 0 spiro atoms. The molecule has 0 saturated carbocycles. The first-order valence-corrected chi connectivity index (χ1v) is 7.76. The second-order valence-electron chi connectivity index (χ2n) is 5.27. The first-order valence-electron chi connectivity index (χ1n) is 7.35. The summed E-state index contributed by atoms with van der Waals surface area (Å²) in [6.07, 6.45) is 0.183. The number of hydrogen-bond acceptors (Lipinski definition) is 4. The summed E-state index contributed by atoms with van der Waals surface area (Å²) >= 11 is 5.31. The molecule has 0 fully saturated rings. The molecule has 0 atom stereocenters. The summed E-state index contributed by atoms with van der Waals surface area (Å²) in [4.78, 5) is 0. The number of methoxy groups -OCH3 is 2. The third-order valence-corrected chi connectivity index (χ3v) is 3.93. The van der Waals surface area contributed by atoms with E-state index in [0.717, 1.165) is 6.07 Å². The van der Waals surface area contributed by atoms with Crippen LogP contribution >= 0.6 is 12.2 Å². The number of nitrogens with one attached hydrogen (secondary N) is 1. The maximum Gasteiger partial charge on any atom is 0.200 e. The van der Waals surface area contributed by atoms with Gasteiger partial charge in [-0.25, -0.2) is 8.78 Å². The van der Waals surface area contributed by atoms with Crippen molar-refractivity contribution in [2.45, 2.75) is 6.42 Å². The smallest absolute Gasteiger partial charge is 0.200 e. The largest absolute Gasteiger partial charge is 0.497 e. The average molecular weight is 363 g/mol. The van der Waals surface area contributed by atoms with Crippen LogP contribution in [0.3, 0.4) is 0 Å². The van der Waals surface area contributed by atoms with Crippen LogP contribution in [0.25, 0.3) is 5.69 Å². The zero-order valence-corrected chi connectivity index (χ0v) is 14.4. The van der Waals surface area contributed by atoms with Gasteiger partial charge < -0.3 is 9.47 Å². The number of aromatic amines is 1. The maximum atomic E-state index is 13.4. The van der Waals surface area contributed by atoms with Crippen molar-refractivity contribution in [1.29, 1.82) is 0 Å². The third kappa shape index (κ3) is 3.53. The van der Waals surface area contributed by atoms with E-state index in [2.05, 4.69) is 10.2 Å². The van der Waals surface area contributed by atoms with Gasteiger partial charge in [0.25, 0.3) is 0 Å². The molecule has 0 unspecified atom stereocenters. The highest BCUT2D eigenvalue weighted by molar-refractivity contribution is 7.71. The summed E-state index contributed by atoms with van der Waals surface area (Å²) < 4.78 is 39.5. The van der Waals surface area contributed by atoms with Gasteiger partial charge in [-0.1, -0.05) is 0 Å². The fourth-order valence-electron chi connectivity index (χ4n) is 2.56. The highest BCUT2D eigenvalue weighted by atomic mass is 32.1. The van der Waals surface area contributed by atoms with Crippen LogP contribution in [0.1, 0.15) is 11.4 Å². The monoisotopic (exact) mass is 363 g/mol. The number of halogens is 2. The molecule has 0 aliphatic carbocycles. The Bertz CT molecular complexity index is 949. The summed E-state index contributed by atoms with van der Waals surface area (Å²) in [6, 6.07) is 8.59. The van der Waals surface area contributed by atoms with E-state index < -0.39 is 11.6 Å². The van der Waals surface area contributed by atoms with Crippen molar-refractivity contribution < 1.29 is 18.3 Å². The number of aromatic nitrogens is 3. The average Bonchev–Trinajstić information content (AvgIpc) is 2.93. The molecule has 0 saturated heterocycles. The van der Waals surface area contributed by atoms with Gasteiger partial charge in [-0.15, -0.1) is 0 Å². The van der Waals surface area contributed by atoms with Crippen molar-refractivity contribution in [3.8, 4) is 17.2 Å². The van der Waals surface area contributed by atoms with Crippen molar-refractivity contribution in [2.75, 3.05) is 14.2 Å². The third-order valence-electron chi connectivity index (χ3n) is 3.65. The lowest BCUT2D eigenvalue weighted by Crippen LogP contribution is -2.05. The standard InChI is InChI=1S/C17H15F2N3O2S/c1-23-13-3-4-15(24-2)14(9-13)22-16(20-21-17(22)25)7-10-5-11(18)8-12(19)6-10/h3-6,8-9H,7H2,1-2H3,(H,21,25). The highest BCUT2D eigenvalue weighted by Gasteiger charge is 2.15. The summed E-state index contributed by atoms with van der Waals surface area (Å²) in [6.45, 7) is 0. The number of H-pyrrole nitrogens is 1. The zero-order valence-electron chi connectivity index (χ0n) is 13.5. The lowest BCUT2D eigenvalue weighted by atomic mass is 10.1. The van der Waals surface area contributed by atoms with Gasteiger partial charge in [-0.3, -0.25) is 9.67 Å². The van der Waals surface area contributed by atoms with E-state index in [4.69, 9.17) is 21.7 Å². The molecule has 0 aliphatic rings. The van der Waals surface area contributed by atoms with E-state index in [1.165, 1.54) is 19.2 Å². The summed E-state index contributed by atoms with van der Waals surface area (Å²) in [7, 11) is 3.09. The second-order valence-corrected chi connectivity index (χ2v) is 5.66. The molecule has 3 aromatic rings. The summed E-state index contributed by atoms with van der Waals surface area (Å²) in [5, 5.41) is 6.89. The number of hydrogen-bond donors (Lipinski definition) is 1. The van der Waals surface area contributed by atoms with Gasteiger partial charge >= 0.3 is 0 Å². The van der Waals surface area contributed by atoms with Crippen LogP contribution in [0, 0.1) is 16.4 Å². The van der Waals surface area contributed by atoms with Crippen molar-refractivity contribution in [2.24, 2.45) is 0 Å². The Labute approximate surface area is 147 Å². The van der Waals surface area contributed by atoms with Gasteiger partial charge in [0.05, 0.1) is 19.9 Å². The minimum atomic E-state index is -0.644. The van der Waals surface area contributed by atoms with Crippen molar-refractivity contribution in [3.05, 3.63) is 64.2 Å². The van der Waals surface area contributed by atoms with Gasteiger partial charge in [0.1, 0.15) is 29.0 Å². The van der Waals surface area contributed by atoms with Crippen LogP contribution in [0.15, 0.2) is 36.4 Å². The van der Waals surface area contributed by atoms with Gasteiger partial charge in [0.15, 0.2) is 4.77 Å². The lowest BCUT2D eigenvalue weighted by molar-refractivity contribution is 0.401. The Morgan fingerprint density at radius 2 is 1.80 bits per heavy atom. The maximum absolute atomic E-state index is 13.4. The molecule has 1 N–H and O–H groups in total. The van der Waals surface area contributed by atoms with E-state index in [1.807, 2.05) is 0 Å². The second kappa shape index (κ2) is 7.02. The highest BCUT2D eigenvalue weighted by Crippen LogP contribution is 2.29. The Kier molecular flexibility index (Phi) is 4.80. The molecule has 8 heteroatoms. The normalized spacial score (nSPS) is 10.7. The van der Waals surface area contributed by atoms with Gasteiger partial charge in [0.2, 0.25) is 0 Å². The van der Waals surface area contributed by atoms with Crippen molar-refractivity contribution in [3.63, 3.8) is 0 Å². The van der Waals surface area contributed by atoms with Crippen molar-refractivity contribution in [1.82, 2.24) is 14.8 Å². The quantitative estimate of drug-likeness (QED) is 0.701. The van der Waals surface area contributed by atoms with Crippen LogP contribution in [0.2, 0.25) is 0 Å². The molecule has 25 heavy (non-hydrogen) atoms. The number of ether oxygens (including phenoxy) is 2. The van der Waals surface area contributed by atoms with E-state index in [1.54, 1.807) is 29.9 Å². The summed E-state index contributed by atoms with van der Waals surface area (Å²) in [5.41, 5.74) is 1.06. The molecular weight excluding hydrogens is 348 g/mol. The van der Waals surface area contributed by atoms with Crippen LogP contribution in [-0.2, 0) is 6.42 Å². The number of rotatable bonds is 5. The number of benzene rings is 2. The SMILES string of the molecule is COc1ccc(OC)c(-n2c(Cc3cc(F)cc(F)c3)n[nH]c2=S)c1. The van der Waals surface area contributed by atoms with Crippen molar-refractivity contribution >= 4 is 12.2 Å². The predicted molar refractivity (Wildman–Crippen MR) is 91.0 cm³/mol. The molecule has 130 valence electrons. The fourth-order valence-corrected chi connectivity index (χ4v) is 2.81. The predicted octanol–water partition coefficient (Wildman–Crippen LogP) is 3.82. The van der Waals surface area contributed by atoms with Crippen LogP contribution in [0.5, 0.6) is 11.5 Å². The topological polar surface area (TPSA) is 52.1 Å². The summed E-state index contributed by atoms with van der Waals surface area (Å²) in [5.74, 6) is 0.373. The molecule has 2 aromatic carbocycles. The molecule has 0 bridgehead atoms. The molecule has 5 nitrogen and oxygen atoms in total. The molecule has 3 rings (SSSR count). The fraction of sp³-hybridized carbons (Fsp3) is 0.176. The van der Waals surface area contributed by atoms with E-state index in [0.29, 0.717) is 33.3 Å². The van der Waals surface area contributed by atoms with Crippen LogP contribution in [-0.4, -0.2) is 29.0 Å². The Hall–Kier alpha value is -2.74.